The number of alkyl halides is 6. The molecule has 1 aliphatic heterocycles. The molecule has 2 amide bonds. The average molecular weight is 477 g/mol. The van der Waals surface area contributed by atoms with Gasteiger partial charge in [0.05, 0.1) is 30.8 Å². The molecule has 0 aliphatic carbocycles. The van der Waals surface area contributed by atoms with Gasteiger partial charge in [-0.25, -0.2) is 19.7 Å². The van der Waals surface area contributed by atoms with Gasteiger partial charge in [0, 0.05) is 31.4 Å². The first-order valence-corrected chi connectivity index (χ1v) is 9.40. The van der Waals surface area contributed by atoms with E-state index in [9.17, 15) is 35.9 Å². The van der Waals surface area contributed by atoms with E-state index in [0.717, 1.165) is 23.3 Å². The summed E-state index contributed by atoms with van der Waals surface area (Å²) in [6.07, 6.45) is -6.70. The summed E-state index contributed by atoms with van der Waals surface area (Å²) >= 11 is 0. The molecule has 2 aromatic rings. The number of ether oxygens (including phenoxy) is 1. The highest BCUT2D eigenvalue weighted by Crippen LogP contribution is 2.38. The second kappa shape index (κ2) is 9.21. The van der Waals surface area contributed by atoms with E-state index in [1.165, 1.54) is 17.1 Å². The lowest BCUT2D eigenvalue weighted by Gasteiger charge is -2.26. The van der Waals surface area contributed by atoms with Crippen LogP contribution in [0.15, 0.2) is 30.6 Å². The van der Waals surface area contributed by atoms with Gasteiger partial charge in [-0.2, -0.15) is 26.3 Å². The van der Waals surface area contributed by atoms with Crippen molar-refractivity contribution in [2.45, 2.75) is 18.8 Å². The van der Waals surface area contributed by atoms with Crippen LogP contribution in [-0.4, -0.2) is 63.4 Å². The molecule has 0 atom stereocenters. The summed E-state index contributed by atoms with van der Waals surface area (Å²) in [7, 11) is 1.44. The third-order valence-electron chi connectivity index (χ3n) is 4.60. The number of rotatable bonds is 6. The minimum Gasteiger partial charge on any atom is -0.383 e. The molecule has 0 bridgehead atoms. The van der Waals surface area contributed by atoms with E-state index in [0.29, 0.717) is 12.1 Å². The quantitative estimate of drug-likeness (QED) is 0.472. The molecule has 2 heterocycles. The summed E-state index contributed by atoms with van der Waals surface area (Å²) in [6, 6.07) is 1.02. The fourth-order valence-electron chi connectivity index (χ4n) is 3.03. The highest BCUT2D eigenvalue weighted by atomic mass is 19.4. The second-order valence-corrected chi connectivity index (χ2v) is 6.88. The molecule has 8 nitrogen and oxygen atoms in total. The van der Waals surface area contributed by atoms with Gasteiger partial charge in [-0.15, -0.1) is 5.10 Å². The van der Waals surface area contributed by atoms with Crippen LogP contribution < -0.4 is 0 Å². The maximum absolute atomic E-state index is 13.0. The second-order valence-electron chi connectivity index (χ2n) is 6.88. The molecule has 1 aromatic carbocycles. The Morgan fingerprint density at radius 3 is 2.33 bits per heavy atom. The predicted molar refractivity (Wildman–Crippen MR) is 101 cm³/mol. The van der Waals surface area contributed by atoms with Crippen LogP contribution >= 0.6 is 0 Å². The van der Waals surface area contributed by atoms with Gasteiger partial charge in [0.25, 0.3) is 5.91 Å². The van der Waals surface area contributed by atoms with Crippen LogP contribution in [0.3, 0.4) is 0 Å². The van der Waals surface area contributed by atoms with Crippen LogP contribution in [0.5, 0.6) is 0 Å². The van der Waals surface area contributed by atoms with Crippen molar-refractivity contribution in [2.75, 3.05) is 26.8 Å². The van der Waals surface area contributed by atoms with Gasteiger partial charge in [0.15, 0.2) is 5.82 Å². The Morgan fingerprint density at radius 2 is 1.76 bits per heavy atom. The van der Waals surface area contributed by atoms with Gasteiger partial charge in [0.1, 0.15) is 6.33 Å². The normalized spacial score (nSPS) is 15.2. The van der Waals surface area contributed by atoms with Crippen LogP contribution in [0.4, 0.5) is 26.3 Å². The average Bonchev–Trinajstić information content (AvgIpc) is 3.35. The van der Waals surface area contributed by atoms with Crippen LogP contribution in [0.2, 0.25) is 0 Å². The molecular weight excluding hydrogens is 460 g/mol. The van der Waals surface area contributed by atoms with Crippen molar-refractivity contribution in [1.29, 1.82) is 0 Å². The van der Waals surface area contributed by atoms with Crippen molar-refractivity contribution < 1.29 is 40.7 Å². The molecule has 178 valence electrons. The predicted octanol–water partition coefficient (Wildman–Crippen LogP) is 3.08. The van der Waals surface area contributed by atoms with E-state index in [4.69, 9.17) is 4.74 Å². The SMILES string of the molecule is COCCN1C(=O)CCN1C(=O)/C=C\n1cnc(-c2cc(C(F)(F)F)cc(C(F)(F)F)c2)n1. The Morgan fingerprint density at radius 1 is 1.12 bits per heavy atom. The molecule has 1 saturated heterocycles. The lowest BCUT2D eigenvalue weighted by atomic mass is 10.0. The molecule has 0 radical (unpaired) electrons. The van der Waals surface area contributed by atoms with Crippen molar-refractivity contribution in [3.63, 3.8) is 0 Å². The number of hydrogen-bond donors (Lipinski definition) is 0. The minimum absolute atomic E-state index is 0.00569. The standard InChI is InChI=1S/C19H17F6N5O3/c1-33-7-6-30-16(32)3-5-29(30)15(31)2-4-28-11-26-17(27-28)12-8-13(18(20,21)22)10-14(9-12)19(23,24)25/h2,4,8-11H,3,5-7H2,1H3/b4-2-. The number of carbonyl (C=O) groups is 2. The van der Waals surface area contributed by atoms with Crippen LogP contribution in [0.1, 0.15) is 17.5 Å². The Bertz CT molecular complexity index is 1030. The first kappa shape index (κ1) is 24.2. The molecule has 1 aromatic heterocycles. The number of benzene rings is 1. The molecule has 33 heavy (non-hydrogen) atoms. The molecule has 0 spiro atoms. The van der Waals surface area contributed by atoms with Gasteiger partial charge in [-0.3, -0.25) is 9.59 Å². The first-order chi connectivity index (χ1) is 15.4. The smallest absolute Gasteiger partial charge is 0.383 e. The number of halogens is 6. The number of amides is 2. The van der Waals surface area contributed by atoms with E-state index in [1.807, 2.05) is 0 Å². The zero-order valence-corrected chi connectivity index (χ0v) is 17.0. The van der Waals surface area contributed by atoms with Crippen LogP contribution in [-0.2, 0) is 26.7 Å². The molecule has 0 N–H and O–H groups in total. The molecular formula is C19H17F6N5O3. The molecule has 3 rings (SSSR count). The first-order valence-electron chi connectivity index (χ1n) is 9.40. The van der Waals surface area contributed by atoms with Crippen molar-refractivity contribution in [2.24, 2.45) is 0 Å². The summed E-state index contributed by atoms with van der Waals surface area (Å²) in [6.45, 7) is 0.529. The number of nitrogens with zero attached hydrogens (tertiary/aromatic N) is 5. The summed E-state index contributed by atoms with van der Waals surface area (Å²) in [5, 5.41) is 6.24. The van der Waals surface area contributed by atoms with Gasteiger partial charge in [-0.05, 0) is 18.2 Å². The topological polar surface area (TPSA) is 80.6 Å². The Hall–Kier alpha value is -3.42. The van der Waals surface area contributed by atoms with E-state index < -0.39 is 40.8 Å². The number of methoxy groups -OCH3 is 1. The van der Waals surface area contributed by atoms with Gasteiger partial charge in [0.2, 0.25) is 5.91 Å². The number of carbonyl (C=O) groups excluding carboxylic acids is 2. The fraction of sp³-hybridized carbons (Fsp3) is 0.368. The monoisotopic (exact) mass is 477 g/mol. The maximum Gasteiger partial charge on any atom is 0.416 e. The van der Waals surface area contributed by atoms with E-state index in [2.05, 4.69) is 10.1 Å². The van der Waals surface area contributed by atoms with Crippen molar-refractivity contribution in [3.8, 4) is 11.4 Å². The fourth-order valence-corrected chi connectivity index (χ4v) is 3.03. The lowest BCUT2D eigenvalue weighted by Crippen LogP contribution is -2.44. The Labute approximate surface area is 183 Å². The summed E-state index contributed by atoms with van der Waals surface area (Å²) < 4.78 is 84.1. The highest BCUT2D eigenvalue weighted by Gasteiger charge is 2.37. The molecule has 14 heteroatoms. The molecule has 0 saturated carbocycles. The maximum atomic E-state index is 13.0. The van der Waals surface area contributed by atoms with Gasteiger partial charge >= 0.3 is 12.4 Å². The third kappa shape index (κ3) is 5.69. The molecule has 1 fully saturated rings. The Balaban J connectivity index is 1.82. The summed E-state index contributed by atoms with van der Waals surface area (Å²) in [4.78, 5) is 28.0. The highest BCUT2D eigenvalue weighted by molar-refractivity contribution is 5.93. The molecule has 0 unspecified atom stereocenters. The number of hydrogen-bond acceptors (Lipinski definition) is 5. The van der Waals surface area contributed by atoms with E-state index in [-0.39, 0.29) is 38.1 Å². The summed E-state index contributed by atoms with van der Waals surface area (Å²) in [5.74, 6) is -1.24. The van der Waals surface area contributed by atoms with Crippen LogP contribution in [0, 0.1) is 0 Å². The third-order valence-corrected chi connectivity index (χ3v) is 4.60. The molecule has 1 aliphatic rings. The van der Waals surface area contributed by atoms with Crippen molar-refractivity contribution in [3.05, 3.63) is 41.7 Å². The van der Waals surface area contributed by atoms with E-state index >= 15 is 0 Å². The zero-order valence-electron chi connectivity index (χ0n) is 17.0. The largest absolute Gasteiger partial charge is 0.416 e. The van der Waals surface area contributed by atoms with E-state index in [1.54, 1.807) is 0 Å². The minimum atomic E-state index is -5.01. The number of aromatic nitrogens is 3. The van der Waals surface area contributed by atoms with Crippen LogP contribution in [0.25, 0.3) is 17.6 Å². The lowest BCUT2D eigenvalue weighted by molar-refractivity contribution is -0.151. The van der Waals surface area contributed by atoms with Crippen molar-refractivity contribution >= 4 is 18.0 Å². The number of hydrazine groups is 1. The summed E-state index contributed by atoms with van der Waals surface area (Å²) in [5.41, 5.74) is -3.49. The van der Waals surface area contributed by atoms with Crippen molar-refractivity contribution in [1.82, 2.24) is 24.8 Å². The van der Waals surface area contributed by atoms with Gasteiger partial charge in [-0.1, -0.05) is 0 Å². The Kier molecular flexibility index (Phi) is 6.76. The zero-order chi connectivity index (χ0) is 24.4. The van der Waals surface area contributed by atoms with Gasteiger partial charge < -0.3 is 4.74 Å².